The molecule has 0 aliphatic heterocycles. The molecule has 1 N–H and O–H groups in total. The van der Waals surface area contributed by atoms with Gasteiger partial charge in [-0.25, -0.2) is 9.18 Å². The fourth-order valence-electron chi connectivity index (χ4n) is 1.74. The molecule has 1 heterocycles. The van der Waals surface area contributed by atoms with Gasteiger partial charge in [0.1, 0.15) is 5.82 Å². The Morgan fingerprint density at radius 1 is 1.21 bits per heavy atom. The van der Waals surface area contributed by atoms with Crippen LogP contribution in [0, 0.1) is 11.6 Å². The topological polar surface area (TPSA) is 54.9 Å². The lowest BCUT2D eigenvalue weighted by molar-refractivity contribution is 0.514. The number of hydrogen-bond acceptors (Lipinski definition) is 2. The molecule has 1 atom stereocenters. The fourth-order valence-corrected chi connectivity index (χ4v) is 1.90. The highest BCUT2D eigenvalue weighted by molar-refractivity contribution is 6.29. The third kappa shape index (κ3) is 2.44. The summed E-state index contributed by atoms with van der Waals surface area (Å²) >= 11 is 5.37. The number of nitrogens with zero attached hydrogens (tertiary/aromatic N) is 1. The first kappa shape index (κ1) is 13.5. The van der Waals surface area contributed by atoms with Crippen molar-refractivity contribution in [2.75, 3.05) is 0 Å². The SMILES string of the molecule is CC(c1ccc(F)cc1)n1c(=O)[nH]c(Cl)c(F)c1=O. The van der Waals surface area contributed by atoms with Gasteiger partial charge in [0.2, 0.25) is 5.82 Å². The summed E-state index contributed by atoms with van der Waals surface area (Å²) < 4.78 is 26.9. The van der Waals surface area contributed by atoms with Crippen molar-refractivity contribution in [3.63, 3.8) is 0 Å². The molecule has 1 aromatic carbocycles. The van der Waals surface area contributed by atoms with Crippen LogP contribution in [0.25, 0.3) is 0 Å². The molecule has 2 rings (SSSR count). The van der Waals surface area contributed by atoms with Gasteiger partial charge in [-0.05, 0) is 24.6 Å². The maximum absolute atomic E-state index is 13.4. The summed E-state index contributed by atoms with van der Waals surface area (Å²) in [7, 11) is 0. The molecule has 1 unspecified atom stereocenters. The molecule has 7 heteroatoms. The van der Waals surface area contributed by atoms with E-state index in [9.17, 15) is 18.4 Å². The summed E-state index contributed by atoms with van der Waals surface area (Å²) in [5.41, 5.74) is -1.45. The van der Waals surface area contributed by atoms with Gasteiger partial charge in [0.15, 0.2) is 5.15 Å². The molecule has 0 radical (unpaired) electrons. The van der Waals surface area contributed by atoms with E-state index in [4.69, 9.17) is 11.6 Å². The van der Waals surface area contributed by atoms with Gasteiger partial charge in [-0.2, -0.15) is 4.39 Å². The van der Waals surface area contributed by atoms with Crippen molar-refractivity contribution in [2.24, 2.45) is 0 Å². The molecular weight excluding hydrogens is 278 g/mol. The molecule has 0 aliphatic rings. The van der Waals surface area contributed by atoms with E-state index in [1.807, 2.05) is 4.98 Å². The highest BCUT2D eigenvalue weighted by Gasteiger charge is 2.18. The highest BCUT2D eigenvalue weighted by atomic mass is 35.5. The van der Waals surface area contributed by atoms with Gasteiger partial charge in [0.05, 0.1) is 6.04 Å². The number of aromatic nitrogens is 2. The van der Waals surface area contributed by atoms with E-state index in [1.165, 1.54) is 31.2 Å². The fraction of sp³-hybridized carbons (Fsp3) is 0.167. The van der Waals surface area contributed by atoms with Crippen LogP contribution >= 0.6 is 11.6 Å². The summed E-state index contributed by atoms with van der Waals surface area (Å²) in [5, 5.41) is -0.627. The Kier molecular flexibility index (Phi) is 3.53. The normalized spacial score (nSPS) is 12.4. The van der Waals surface area contributed by atoms with E-state index >= 15 is 0 Å². The molecule has 0 saturated heterocycles. The van der Waals surface area contributed by atoms with Gasteiger partial charge in [-0.1, -0.05) is 23.7 Å². The minimum absolute atomic E-state index is 0.445. The highest BCUT2D eigenvalue weighted by Crippen LogP contribution is 2.15. The van der Waals surface area contributed by atoms with Crippen LogP contribution in [-0.2, 0) is 0 Å². The van der Waals surface area contributed by atoms with Crippen molar-refractivity contribution in [1.82, 2.24) is 9.55 Å². The first-order chi connectivity index (χ1) is 8.91. The van der Waals surface area contributed by atoms with Gasteiger partial charge >= 0.3 is 5.69 Å². The third-order valence-corrected chi connectivity index (χ3v) is 3.03. The largest absolute Gasteiger partial charge is 0.330 e. The first-order valence-corrected chi connectivity index (χ1v) is 5.75. The summed E-state index contributed by atoms with van der Waals surface area (Å²) in [6, 6.07) is 4.47. The molecule has 0 saturated carbocycles. The van der Waals surface area contributed by atoms with Crippen LogP contribution in [0.15, 0.2) is 33.9 Å². The molecule has 100 valence electrons. The van der Waals surface area contributed by atoms with E-state index in [0.29, 0.717) is 10.1 Å². The maximum atomic E-state index is 13.4. The Bertz CT molecular complexity index is 722. The van der Waals surface area contributed by atoms with Crippen molar-refractivity contribution in [1.29, 1.82) is 0 Å². The van der Waals surface area contributed by atoms with Crippen molar-refractivity contribution in [2.45, 2.75) is 13.0 Å². The second kappa shape index (κ2) is 4.97. The van der Waals surface area contributed by atoms with Gasteiger partial charge in [-0.15, -0.1) is 0 Å². The van der Waals surface area contributed by atoms with E-state index in [-0.39, 0.29) is 0 Å². The number of benzene rings is 1. The average Bonchev–Trinajstić information content (AvgIpc) is 2.37. The monoisotopic (exact) mass is 286 g/mol. The molecule has 0 fully saturated rings. The van der Waals surface area contributed by atoms with Crippen LogP contribution in [0.4, 0.5) is 8.78 Å². The second-order valence-corrected chi connectivity index (χ2v) is 4.34. The van der Waals surface area contributed by atoms with Crippen LogP contribution in [0.2, 0.25) is 5.15 Å². The first-order valence-electron chi connectivity index (χ1n) is 5.37. The number of aromatic amines is 1. The van der Waals surface area contributed by atoms with Crippen LogP contribution < -0.4 is 11.2 Å². The summed E-state index contributed by atoms with van der Waals surface area (Å²) in [6.07, 6.45) is 0. The Morgan fingerprint density at radius 3 is 2.37 bits per heavy atom. The van der Waals surface area contributed by atoms with E-state index in [2.05, 4.69) is 0 Å². The summed E-state index contributed by atoms with van der Waals surface area (Å²) in [6.45, 7) is 1.53. The zero-order valence-electron chi connectivity index (χ0n) is 9.78. The number of hydrogen-bond donors (Lipinski definition) is 1. The average molecular weight is 287 g/mol. The number of rotatable bonds is 2. The zero-order valence-corrected chi connectivity index (χ0v) is 10.5. The quantitative estimate of drug-likeness (QED) is 0.859. The van der Waals surface area contributed by atoms with Crippen LogP contribution in [-0.4, -0.2) is 9.55 Å². The maximum Gasteiger partial charge on any atom is 0.330 e. The van der Waals surface area contributed by atoms with E-state index < -0.39 is 34.1 Å². The lowest BCUT2D eigenvalue weighted by Crippen LogP contribution is -2.39. The molecular formula is C12H9ClF2N2O2. The Balaban J connectivity index is 2.59. The summed E-state index contributed by atoms with van der Waals surface area (Å²) in [5.74, 6) is -1.67. The van der Waals surface area contributed by atoms with E-state index in [0.717, 1.165) is 0 Å². The Hall–Kier alpha value is -1.95. The van der Waals surface area contributed by atoms with Gasteiger partial charge < -0.3 is 0 Å². The van der Waals surface area contributed by atoms with Crippen molar-refractivity contribution >= 4 is 11.6 Å². The smallest absolute Gasteiger partial charge is 0.295 e. The lowest BCUT2D eigenvalue weighted by atomic mass is 10.1. The standard InChI is InChI=1S/C12H9ClF2N2O2/c1-6(7-2-4-8(14)5-3-7)17-11(18)9(15)10(13)16-12(17)19/h2-6H,1H3,(H,16,19). The van der Waals surface area contributed by atoms with Crippen molar-refractivity contribution < 1.29 is 8.78 Å². The van der Waals surface area contributed by atoms with Crippen LogP contribution in [0.1, 0.15) is 18.5 Å². The minimum Gasteiger partial charge on any atom is -0.295 e. The van der Waals surface area contributed by atoms with E-state index in [1.54, 1.807) is 0 Å². The zero-order chi connectivity index (χ0) is 14.2. The number of H-pyrrole nitrogens is 1. The van der Waals surface area contributed by atoms with Crippen molar-refractivity contribution in [3.05, 3.63) is 67.5 Å². The Morgan fingerprint density at radius 2 is 1.79 bits per heavy atom. The minimum atomic E-state index is -1.23. The molecule has 19 heavy (non-hydrogen) atoms. The van der Waals surface area contributed by atoms with Crippen molar-refractivity contribution in [3.8, 4) is 0 Å². The molecule has 0 amide bonds. The lowest BCUT2D eigenvalue weighted by Gasteiger charge is -2.14. The predicted octanol–water partition coefficient (Wildman–Crippen LogP) is 2.08. The van der Waals surface area contributed by atoms with Crippen LogP contribution in [0.5, 0.6) is 0 Å². The molecule has 0 spiro atoms. The molecule has 2 aromatic rings. The molecule has 4 nitrogen and oxygen atoms in total. The third-order valence-electron chi connectivity index (χ3n) is 2.77. The predicted molar refractivity (Wildman–Crippen MR) is 66.5 cm³/mol. The number of halogens is 3. The van der Waals surface area contributed by atoms with Gasteiger partial charge in [0.25, 0.3) is 5.56 Å². The van der Waals surface area contributed by atoms with Crippen LogP contribution in [0.3, 0.4) is 0 Å². The van der Waals surface area contributed by atoms with Gasteiger partial charge in [-0.3, -0.25) is 14.3 Å². The summed E-state index contributed by atoms with van der Waals surface area (Å²) in [4.78, 5) is 25.4. The second-order valence-electron chi connectivity index (χ2n) is 3.96. The van der Waals surface area contributed by atoms with Gasteiger partial charge in [0, 0.05) is 0 Å². The Labute approximate surface area is 111 Å². The molecule has 0 aliphatic carbocycles. The molecule has 1 aromatic heterocycles. The molecule has 0 bridgehead atoms. The number of nitrogens with one attached hydrogen (secondary N) is 1.